The zero-order valence-corrected chi connectivity index (χ0v) is 23.4. The summed E-state index contributed by atoms with van der Waals surface area (Å²) in [6.07, 6.45) is 0.523. The van der Waals surface area contributed by atoms with Gasteiger partial charge in [0.25, 0.3) is 0 Å². The Balaban J connectivity index is 1.70. The molecule has 0 bridgehead atoms. The predicted molar refractivity (Wildman–Crippen MR) is 156 cm³/mol. The van der Waals surface area contributed by atoms with Crippen LogP contribution < -0.4 is 25.0 Å². The van der Waals surface area contributed by atoms with Crippen LogP contribution >= 0.6 is 0 Å². The molecule has 0 fully saturated rings. The van der Waals surface area contributed by atoms with Crippen LogP contribution in [0.2, 0.25) is 0 Å². The van der Waals surface area contributed by atoms with E-state index in [4.69, 9.17) is 14.6 Å². The Morgan fingerprint density at radius 2 is 1.63 bits per heavy atom. The molecule has 3 amide bonds. The summed E-state index contributed by atoms with van der Waals surface area (Å²) in [5.74, 6) is -0.517. The molecule has 0 radical (unpaired) electrons. The Hall–Kier alpha value is -4.86. The van der Waals surface area contributed by atoms with Crippen molar-refractivity contribution in [1.82, 2.24) is 5.32 Å². The zero-order valence-electron chi connectivity index (χ0n) is 23.4. The summed E-state index contributed by atoms with van der Waals surface area (Å²) < 4.78 is 11.2. The van der Waals surface area contributed by atoms with Crippen molar-refractivity contribution < 1.29 is 33.8 Å². The maximum atomic E-state index is 13.4. The lowest BCUT2D eigenvalue weighted by molar-refractivity contribution is -0.136. The number of methoxy groups -OCH3 is 1. The summed E-state index contributed by atoms with van der Waals surface area (Å²) in [6.45, 7) is 3.90. The average Bonchev–Trinajstić information content (AvgIpc) is 2.95. The number of hydrogen-bond acceptors (Lipinski definition) is 6. The predicted octanol–water partition coefficient (Wildman–Crippen LogP) is 4.78. The van der Waals surface area contributed by atoms with Crippen LogP contribution in [-0.4, -0.2) is 55.6 Å². The van der Waals surface area contributed by atoms with Gasteiger partial charge in [-0.15, -0.1) is 0 Å². The zero-order chi connectivity index (χ0) is 29.8. The van der Waals surface area contributed by atoms with Gasteiger partial charge in [-0.3, -0.25) is 14.4 Å². The van der Waals surface area contributed by atoms with Gasteiger partial charge in [0.05, 0.1) is 31.3 Å². The summed E-state index contributed by atoms with van der Waals surface area (Å²) in [5.41, 5.74) is 1.81. The largest absolute Gasteiger partial charge is 0.496 e. The van der Waals surface area contributed by atoms with Crippen LogP contribution in [0.3, 0.4) is 0 Å². The number of rotatable bonds is 14. The maximum Gasteiger partial charge on any atom is 0.319 e. The van der Waals surface area contributed by atoms with Crippen molar-refractivity contribution in [2.75, 3.05) is 37.0 Å². The Kier molecular flexibility index (Phi) is 11.3. The first-order valence-corrected chi connectivity index (χ1v) is 13.2. The van der Waals surface area contributed by atoms with E-state index in [1.165, 1.54) is 12.0 Å². The number of ether oxygens (including phenoxy) is 2. The van der Waals surface area contributed by atoms with Gasteiger partial charge in [0, 0.05) is 12.2 Å². The first-order valence-electron chi connectivity index (χ1n) is 13.2. The van der Waals surface area contributed by atoms with Crippen molar-refractivity contribution in [3.63, 3.8) is 0 Å². The number of nitrogens with one attached hydrogen (secondary N) is 2. The number of carbonyl (C=O) groups is 4. The van der Waals surface area contributed by atoms with Crippen molar-refractivity contribution in [1.29, 1.82) is 0 Å². The van der Waals surface area contributed by atoms with E-state index in [1.54, 1.807) is 72.8 Å². The maximum absolute atomic E-state index is 13.4. The van der Waals surface area contributed by atoms with Crippen molar-refractivity contribution in [2.45, 2.75) is 26.7 Å². The third-order valence-corrected chi connectivity index (χ3v) is 6.09. The lowest BCUT2D eigenvalue weighted by Gasteiger charge is -2.26. The van der Waals surface area contributed by atoms with E-state index in [2.05, 4.69) is 10.6 Å². The van der Waals surface area contributed by atoms with Crippen LogP contribution in [0.1, 0.15) is 36.2 Å². The molecule has 0 aliphatic carbocycles. The topological polar surface area (TPSA) is 134 Å². The van der Waals surface area contributed by atoms with Gasteiger partial charge in [-0.25, -0.2) is 4.79 Å². The lowest BCUT2D eigenvalue weighted by Crippen LogP contribution is -2.42. The van der Waals surface area contributed by atoms with E-state index < -0.39 is 12.0 Å². The molecule has 3 aromatic carbocycles. The van der Waals surface area contributed by atoms with Gasteiger partial charge in [-0.05, 0) is 54.3 Å². The molecule has 3 N–H and O–H groups in total. The molecule has 0 aliphatic rings. The van der Waals surface area contributed by atoms with Crippen molar-refractivity contribution in [3.8, 4) is 11.5 Å². The van der Waals surface area contributed by atoms with Crippen molar-refractivity contribution >= 4 is 35.1 Å². The summed E-state index contributed by atoms with van der Waals surface area (Å²) >= 11 is 0. The highest BCUT2D eigenvalue weighted by Gasteiger charge is 2.21. The van der Waals surface area contributed by atoms with E-state index in [0.29, 0.717) is 52.9 Å². The van der Waals surface area contributed by atoms with Crippen molar-refractivity contribution in [3.05, 3.63) is 83.9 Å². The third-order valence-electron chi connectivity index (χ3n) is 6.09. The number of ketones is 1. The Morgan fingerprint density at radius 1 is 0.927 bits per heavy atom. The number of para-hydroxylation sites is 3. The average molecular weight is 562 g/mol. The molecule has 0 aromatic heterocycles. The molecular formula is C31H35N3O7. The molecule has 0 aliphatic heterocycles. The fraction of sp³-hybridized carbons (Fsp3) is 0.290. The molecule has 0 saturated carbocycles. The van der Waals surface area contributed by atoms with E-state index in [1.807, 2.05) is 13.8 Å². The third kappa shape index (κ3) is 9.38. The van der Waals surface area contributed by atoms with E-state index in [0.717, 1.165) is 0 Å². The fourth-order valence-electron chi connectivity index (χ4n) is 4.03. The number of anilines is 2. The Morgan fingerprint density at radius 3 is 2.34 bits per heavy atom. The van der Waals surface area contributed by atoms with Gasteiger partial charge in [0.2, 0.25) is 11.7 Å². The molecule has 216 valence electrons. The number of aliphatic carboxylic acids is 1. The number of amides is 3. The highest BCUT2D eigenvalue weighted by molar-refractivity contribution is 6.01. The monoisotopic (exact) mass is 561 g/mol. The highest BCUT2D eigenvalue weighted by atomic mass is 16.5. The van der Waals surface area contributed by atoms with Crippen LogP contribution in [0.15, 0.2) is 72.8 Å². The van der Waals surface area contributed by atoms with Crippen molar-refractivity contribution in [2.24, 2.45) is 5.92 Å². The van der Waals surface area contributed by atoms with Gasteiger partial charge >= 0.3 is 12.0 Å². The number of nitrogens with zero attached hydrogens (tertiary/aromatic N) is 1. The summed E-state index contributed by atoms with van der Waals surface area (Å²) in [4.78, 5) is 51.3. The number of carboxylic acids is 1. The molecule has 41 heavy (non-hydrogen) atoms. The second-order valence-electron chi connectivity index (χ2n) is 9.69. The molecule has 3 rings (SSSR count). The number of benzene rings is 3. The SMILES string of the molecule is COc1ccccc1C(=O)COc1ccccc1N(CCC(C)C)C(=O)CNC(=O)Nc1cccc(CC(=O)O)c1. The second-order valence-corrected chi connectivity index (χ2v) is 9.69. The highest BCUT2D eigenvalue weighted by Crippen LogP contribution is 2.29. The van der Waals surface area contributed by atoms with E-state index in [9.17, 15) is 19.2 Å². The summed E-state index contributed by atoms with van der Waals surface area (Å²) in [6, 6.07) is 19.7. The quantitative estimate of drug-likeness (QED) is 0.241. The Bertz CT molecular complexity index is 1370. The van der Waals surface area contributed by atoms with Gasteiger partial charge < -0.3 is 30.1 Å². The normalized spacial score (nSPS) is 10.5. The smallest absolute Gasteiger partial charge is 0.319 e. The van der Waals surface area contributed by atoms with Gasteiger partial charge in [-0.2, -0.15) is 0 Å². The first kappa shape index (κ1) is 30.7. The van der Waals surface area contributed by atoms with Crippen LogP contribution in [0.4, 0.5) is 16.2 Å². The summed E-state index contributed by atoms with van der Waals surface area (Å²) in [7, 11) is 1.49. The molecule has 10 heteroatoms. The number of carbonyl (C=O) groups excluding carboxylic acids is 3. The lowest BCUT2D eigenvalue weighted by atomic mass is 10.1. The molecule has 3 aromatic rings. The molecule has 0 unspecified atom stereocenters. The van der Waals surface area contributed by atoms with Gasteiger partial charge in [0.15, 0.2) is 6.61 Å². The second kappa shape index (κ2) is 15.1. The molecule has 10 nitrogen and oxygen atoms in total. The molecule has 0 spiro atoms. The van der Waals surface area contributed by atoms with Gasteiger partial charge in [-0.1, -0.05) is 50.2 Å². The fourth-order valence-corrected chi connectivity index (χ4v) is 4.03. The minimum absolute atomic E-state index is 0.174. The Labute approximate surface area is 239 Å². The standard InChI is InChI=1S/C31H35N3O7/c1-21(2)15-16-34(29(36)19-32-31(39)33-23-10-8-9-22(17-23)18-30(37)38)25-12-5-7-14-28(25)41-20-26(35)24-11-4-6-13-27(24)40-3/h4-14,17,21H,15-16,18-20H2,1-3H3,(H,37,38)(H2,32,33,39). The van der Waals surface area contributed by atoms with E-state index >= 15 is 0 Å². The number of carboxylic acid groups (broad SMARTS) is 1. The number of urea groups is 1. The molecule has 0 heterocycles. The molecule has 0 atom stereocenters. The minimum Gasteiger partial charge on any atom is -0.496 e. The molecular weight excluding hydrogens is 526 g/mol. The minimum atomic E-state index is -0.980. The van der Waals surface area contributed by atoms with Gasteiger partial charge in [0.1, 0.15) is 11.5 Å². The number of hydrogen-bond donors (Lipinski definition) is 3. The van der Waals surface area contributed by atoms with Crippen LogP contribution in [0.5, 0.6) is 11.5 Å². The van der Waals surface area contributed by atoms with Crippen LogP contribution in [0, 0.1) is 5.92 Å². The number of Topliss-reactive ketones (excluding diaryl/α,β-unsaturated/α-hetero) is 1. The first-order chi connectivity index (χ1) is 19.7. The molecule has 0 saturated heterocycles. The van der Waals surface area contributed by atoms with Crippen LogP contribution in [-0.2, 0) is 16.0 Å². The van der Waals surface area contributed by atoms with E-state index in [-0.39, 0.29) is 31.3 Å². The van der Waals surface area contributed by atoms with Crippen LogP contribution in [0.25, 0.3) is 0 Å². The summed E-state index contributed by atoms with van der Waals surface area (Å²) in [5, 5.41) is 14.2.